The van der Waals surface area contributed by atoms with Gasteiger partial charge in [0.05, 0.1) is 5.25 Å². The fraction of sp³-hybridized carbons (Fsp3) is 0.211. The molecule has 0 bridgehead atoms. The van der Waals surface area contributed by atoms with E-state index < -0.39 is 11.9 Å². The third-order valence-electron chi connectivity index (χ3n) is 3.70. The van der Waals surface area contributed by atoms with Crippen molar-refractivity contribution in [2.24, 2.45) is 0 Å². The maximum atomic E-state index is 12.4. The molecule has 0 aliphatic rings. The van der Waals surface area contributed by atoms with Gasteiger partial charge in [-0.05, 0) is 50.2 Å². The van der Waals surface area contributed by atoms with E-state index in [0.717, 1.165) is 5.69 Å². The zero-order valence-electron chi connectivity index (χ0n) is 15.6. The van der Waals surface area contributed by atoms with Crippen LogP contribution in [0, 0.1) is 6.92 Å². The molecule has 29 heavy (non-hydrogen) atoms. The van der Waals surface area contributed by atoms with Crippen molar-refractivity contribution in [2.45, 2.75) is 30.0 Å². The Balaban J connectivity index is 1.53. The Morgan fingerprint density at radius 2 is 1.72 bits per heavy atom. The van der Waals surface area contributed by atoms with E-state index in [9.17, 15) is 13.6 Å². The number of nitrogens with one attached hydrogen (secondary N) is 2. The fourth-order valence-corrected chi connectivity index (χ4v) is 4.15. The van der Waals surface area contributed by atoms with Gasteiger partial charge in [-0.15, -0.1) is 10.2 Å². The van der Waals surface area contributed by atoms with Gasteiger partial charge in [0.2, 0.25) is 11.0 Å². The van der Waals surface area contributed by atoms with Crippen molar-refractivity contribution in [3.8, 4) is 5.75 Å². The van der Waals surface area contributed by atoms with Gasteiger partial charge in [0.25, 0.3) is 0 Å². The monoisotopic (exact) mass is 436 g/mol. The highest BCUT2D eigenvalue weighted by molar-refractivity contribution is 8.02. The predicted octanol–water partition coefficient (Wildman–Crippen LogP) is 5.31. The molecule has 0 aliphatic heterocycles. The van der Waals surface area contributed by atoms with Gasteiger partial charge in [-0.25, -0.2) is 0 Å². The number of carbonyl (C=O) groups is 1. The Labute approximate surface area is 174 Å². The van der Waals surface area contributed by atoms with Gasteiger partial charge < -0.3 is 15.4 Å². The van der Waals surface area contributed by atoms with Crippen LogP contribution >= 0.6 is 23.1 Å². The molecule has 0 fully saturated rings. The Hall–Kier alpha value is -2.72. The minimum atomic E-state index is -2.89. The van der Waals surface area contributed by atoms with Crippen LogP contribution in [-0.4, -0.2) is 28.0 Å². The van der Waals surface area contributed by atoms with Crippen molar-refractivity contribution in [1.29, 1.82) is 0 Å². The van der Waals surface area contributed by atoms with Crippen LogP contribution in [0.15, 0.2) is 52.9 Å². The third kappa shape index (κ3) is 6.40. The summed E-state index contributed by atoms with van der Waals surface area (Å²) in [4.78, 5) is 12.4. The summed E-state index contributed by atoms with van der Waals surface area (Å²) in [5.41, 5.74) is 2.57. The maximum Gasteiger partial charge on any atom is 0.387 e. The summed E-state index contributed by atoms with van der Waals surface area (Å²) in [6.07, 6.45) is 0. The van der Waals surface area contributed by atoms with E-state index in [-0.39, 0.29) is 11.7 Å². The number of halogens is 2. The summed E-state index contributed by atoms with van der Waals surface area (Å²) in [6, 6.07) is 13.6. The summed E-state index contributed by atoms with van der Waals surface area (Å²) < 4.78 is 29.3. The number of alkyl halides is 2. The standard InChI is InChI=1S/C19H18F2N4O2S2/c1-11-3-5-14(6-4-11)23-18-24-25-19(29-18)28-12(2)16(26)22-13-7-9-15(10-8-13)27-17(20)21/h3-10,12,17H,1-2H3,(H,22,26)(H,23,24). The Bertz CT molecular complexity index is 950. The summed E-state index contributed by atoms with van der Waals surface area (Å²) >= 11 is 2.64. The van der Waals surface area contributed by atoms with E-state index in [1.165, 1.54) is 52.9 Å². The molecule has 152 valence electrons. The van der Waals surface area contributed by atoms with Crippen LogP contribution in [0.4, 0.5) is 25.3 Å². The highest BCUT2D eigenvalue weighted by Gasteiger charge is 2.17. The Morgan fingerprint density at radius 1 is 1.07 bits per heavy atom. The lowest BCUT2D eigenvalue weighted by Crippen LogP contribution is -2.22. The van der Waals surface area contributed by atoms with Crippen molar-refractivity contribution in [3.05, 3.63) is 54.1 Å². The topological polar surface area (TPSA) is 76.1 Å². The second-order valence-corrected chi connectivity index (χ2v) is 8.58. The van der Waals surface area contributed by atoms with Gasteiger partial charge in [0, 0.05) is 11.4 Å². The number of aromatic nitrogens is 2. The Kier molecular flexibility index (Phi) is 6.99. The minimum Gasteiger partial charge on any atom is -0.435 e. The molecule has 0 saturated heterocycles. The molecule has 0 spiro atoms. The second kappa shape index (κ2) is 9.66. The smallest absolute Gasteiger partial charge is 0.387 e. The minimum absolute atomic E-state index is 0.0305. The molecule has 1 heterocycles. The second-order valence-electron chi connectivity index (χ2n) is 6.02. The average molecular weight is 437 g/mol. The molecule has 3 aromatic rings. The molecule has 2 N–H and O–H groups in total. The molecule has 1 aromatic heterocycles. The number of ether oxygens (including phenoxy) is 1. The number of thioether (sulfide) groups is 1. The van der Waals surface area contributed by atoms with Gasteiger partial charge in [0.15, 0.2) is 4.34 Å². The maximum absolute atomic E-state index is 12.4. The molecule has 0 saturated carbocycles. The zero-order chi connectivity index (χ0) is 20.8. The molecule has 1 unspecified atom stereocenters. The number of carbonyl (C=O) groups excluding carboxylic acids is 1. The van der Waals surface area contributed by atoms with Crippen LogP contribution in [0.5, 0.6) is 5.75 Å². The normalized spacial score (nSPS) is 11.9. The molecule has 1 atom stereocenters. The molecule has 1 amide bonds. The van der Waals surface area contributed by atoms with Crippen LogP contribution in [0.1, 0.15) is 12.5 Å². The molecular weight excluding hydrogens is 418 g/mol. The zero-order valence-corrected chi connectivity index (χ0v) is 17.2. The average Bonchev–Trinajstić information content (AvgIpc) is 3.11. The van der Waals surface area contributed by atoms with E-state index >= 15 is 0 Å². The molecule has 10 heteroatoms. The van der Waals surface area contributed by atoms with E-state index in [4.69, 9.17) is 0 Å². The number of anilines is 3. The van der Waals surface area contributed by atoms with Crippen molar-refractivity contribution in [2.75, 3.05) is 10.6 Å². The van der Waals surface area contributed by atoms with Crippen LogP contribution < -0.4 is 15.4 Å². The lowest BCUT2D eigenvalue weighted by molar-refractivity contribution is -0.115. The number of nitrogens with zero attached hydrogens (tertiary/aromatic N) is 2. The summed E-state index contributed by atoms with van der Waals surface area (Å²) in [6.45, 7) is 0.883. The summed E-state index contributed by atoms with van der Waals surface area (Å²) in [5, 5.41) is 14.3. The SMILES string of the molecule is Cc1ccc(Nc2nnc(SC(C)C(=O)Nc3ccc(OC(F)F)cc3)s2)cc1. The van der Waals surface area contributed by atoms with Crippen molar-refractivity contribution >= 4 is 45.5 Å². The molecular formula is C19H18F2N4O2S2. The first kappa shape index (κ1) is 21.0. The van der Waals surface area contributed by atoms with E-state index in [1.807, 2.05) is 31.2 Å². The third-order valence-corrected chi connectivity index (χ3v) is 5.73. The van der Waals surface area contributed by atoms with Crippen LogP contribution in [0.25, 0.3) is 0 Å². The van der Waals surface area contributed by atoms with Gasteiger partial charge >= 0.3 is 6.61 Å². The van der Waals surface area contributed by atoms with Crippen LogP contribution in [-0.2, 0) is 4.79 Å². The lowest BCUT2D eigenvalue weighted by atomic mass is 10.2. The van der Waals surface area contributed by atoms with Gasteiger partial charge in [0.1, 0.15) is 5.75 Å². The Morgan fingerprint density at radius 3 is 2.38 bits per heavy atom. The molecule has 6 nitrogen and oxygen atoms in total. The van der Waals surface area contributed by atoms with Crippen molar-refractivity contribution in [3.63, 3.8) is 0 Å². The van der Waals surface area contributed by atoms with E-state index in [0.29, 0.717) is 15.2 Å². The van der Waals surface area contributed by atoms with E-state index in [1.54, 1.807) is 6.92 Å². The highest BCUT2D eigenvalue weighted by Crippen LogP contribution is 2.31. The van der Waals surface area contributed by atoms with Gasteiger partial charge in [-0.1, -0.05) is 40.8 Å². The number of rotatable bonds is 8. The first-order valence-corrected chi connectivity index (χ1v) is 10.3. The molecule has 0 radical (unpaired) electrons. The van der Waals surface area contributed by atoms with Crippen LogP contribution in [0.2, 0.25) is 0 Å². The largest absolute Gasteiger partial charge is 0.435 e. The number of aryl methyl sites for hydroxylation is 1. The molecule has 2 aromatic carbocycles. The quantitative estimate of drug-likeness (QED) is 0.466. The summed E-state index contributed by atoms with van der Waals surface area (Å²) in [5.74, 6) is -0.205. The van der Waals surface area contributed by atoms with E-state index in [2.05, 4.69) is 25.6 Å². The number of hydrogen-bond acceptors (Lipinski definition) is 7. The first-order valence-electron chi connectivity index (χ1n) is 8.58. The fourth-order valence-electron chi connectivity index (χ4n) is 2.24. The molecule has 0 aliphatic carbocycles. The van der Waals surface area contributed by atoms with Crippen molar-refractivity contribution in [1.82, 2.24) is 10.2 Å². The molecule has 3 rings (SSSR count). The number of hydrogen-bond donors (Lipinski definition) is 2. The van der Waals surface area contributed by atoms with Gasteiger partial charge in [-0.2, -0.15) is 8.78 Å². The van der Waals surface area contributed by atoms with Crippen LogP contribution in [0.3, 0.4) is 0 Å². The van der Waals surface area contributed by atoms with Gasteiger partial charge in [-0.3, -0.25) is 4.79 Å². The number of benzene rings is 2. The first-order chi connectivity index (χ1) is 13.9. The lowest BCUT2D eigenvalue weighted by Gasteiger charge is -2.11. The predicted molar refractivity (Wildman–Crippen MR) is 111 cm³/mol. The summed E-state index contributed by atoms with van der Waals surface area (Å²) in [7, 11) is 0. The van der Waals surface area contributed by atoms with Crippen molar-refractivity contribution < 1.29 is 18.3 Å². The highest BCUT2D eigenvalue weighted by atomic mass is 32.2. The number of amides is 1.